The minimum Gasteiger partial charge on any atom is -0.385 e. The average molecular weight is 232 g/mol. The third kappa shape index (κ3) is 2.53. The van der Waals surface area contributed by atoms with Crippen LogP contribution in [0.15, 0.2) is 34.9 Å². The lowest BCUT2D eigenvalue weighted by molar-refractivity contribution is 0.184. The van der Waals surface area contributed by atoms with Crippen molar-refractivity contribution < 1.29 is 9.63 Å². The van der Waals surface area contributed by atoms with Gasteiger partial charge in [0.2, 0.25) is 5.89 Å². The van der Waals surface area contributed by atoms with Crippen molar-refractivity contribution in [3.63, 3.8) is 0 Å². The summed E-state index contributed by atoms with van der Waals surface area (Å²) in [4.78, 5) is 4.23. The summed E-state index contributed by atoms with van der Waals surface area (Å²) in [6.45, 7) is 3.70. The Morgan fingerprint density at radius 3 is 2.53 bits per heavy atom. The molecular weight excluding hydrogens is 216 g/mol. The highest BCUT2D eigenvalue weighted by molar-refractivity contribution is 5.24. The van der Waals surface area contributed by atoms with Gasteiger partial charge in [0.1, 0.15) is 6.10 Å². The average Bonchev–Trinajstić information content (AvgIpc) is 2.81. The summed E-state index contributed by atoms with van der Waals surface area (Å²) in [5, 5.41) is 13.2. The number of hydrogen-bond acceptors (Lipinski definition) is 4. The fourth-order valence-corrected chi connectivity index (χ4v) is 1.80. The summed E-state index contributed by atoms with van der Waals surface area (Å²) >= 11 is 0. The molecule has 4 heteroatoms. The zero-order chi connectivity index (χ0) is 12.3. The number of hydrogen-bond donors (Lipinski definition) is 1. The first kappa shape index (κ1) is 11.8. The van der Waals surface area contributed by atoms with Crippen molar-refractivity contribution in [1.82, 2.24) is 10.1 Å². The number of benzene rings is 1. The van der Waals surface area contributed by atoms with E-state index in [2.05, 4.69) is 17.1 Å². The molecule has 90 valence electrons. The van der Waals surface area contributed by atoms with E-state index in [0.29, 0.717) is 11.7 Å². The van der Waals surface area contributed by atoms with Crippen LogP contribution in [0, 0.1) is 0 Å². The lowest BCUT2D eigenvalue weighted by Crippen LogP contribution is -2.01. The second kappa shape index (κ2) is 5.10. The molecule has 1 aromatic carbocycles. The van der Waals surface area contributed by atoms with Crippen molar-refractivity contribution in [3.8, 4) is 0 Å². The van der Waals surface area contributed by atoms with Crippen LogP contribution < -0.4 is 0 Å². The minimum absolute atomic E-state index is 0.0937. The van der Waals surface area contributed by atoms with E-state index >= 15 is 0 Å². The molecule has 0 aliphatic carbocycles. The maximum Gasteiger partial charge on any atom is 0.234 e. The van der Waals surface area contributed by atoms with Crippen molar-refractivity contribution in [2.24, 2.45) is 0 Å². The van der Waals surface area contributed by atoms with Gasteiger partial charge in [-0.15, -0.1) is 0 Å². The molecule has 1 N–H and O–H groups in total. The lowest BCUT2D eigenvalue weighted by Gasteiger charge is -2.09. The van der Waals surface area contributed by atoms with Gasteiger partial charge in [0.25, 0.3) is 0 Å². The summed E-state index contributed by atoms with van der Waals surface area (Å²) < 4.78 is 5.21. The number of aliphatic hydroxyl groups is 1. The van der Waals surface area contributed by atoms with Crippen molar-refractivity contribution in [2.75, 3.05) is 0 Å². The normalized spacial score (nSPS) is 14.5. The third-order valence-electron chi connectivity index (χ3n) is 2.74. The molecule has 0 aliphatic heterocycles. The van der Waals surface area contributed by atoms with Gasteiger partial charge in [0.15, 0.2) is 5.82 Å². The Balaban J connectivity index is 2.29. The number of aromatic nitrogens is 2. The standard InChI is InChI=1S/C13H16N2O2/c1-3-11(10-7-5-4-6-8-10)13-14-12(9(2)16)15-17-13/h4-9,11,16H,3H2,1-2H3. The molecule has 2 rings (SSSR count). The quantitative estimate of drug-likeness (QED) is 0.880. The van der Waals surface area contributed by atoms with Crippen molar-refractivity contribution >= 4 is 0 Å². The molecule has 0 radical (unpaired) electrons. The fourth-order valence-electron chi connectivity index (χ4n) is 1.80. The molecule has 0 fully saturated rings. The van der Waals surface area contributed by atoms with Crippen LogP contribution in [-0.2, 0) is 0 Å². The predicted molar refractivity (Wildman–Crippen MR) is 63.5 cm³/mol. The van der Waals surface area contributed by atoms with E-state index in [9.17, 15) is 5.11 Å². The van der Waals surface area contributed by atoms with Gasteiger partial charge in [0, 0.05) is 0 Å². The molecule has 2 atom stereocenters. The van der Waals surface area contributed by atoms with Gasteiger partial charge in [-0.05, 0) is 18.9 Å². The molecule has 17 heavy (non-hydrogen) atoms. The molecule has 0 amide bonds. The van der Waals surface area contributed by atoms with Crippen molar-refractivity contribution in [2.45, 2.75) is 32.3 Å². The van der Waals surface area contributed by atoms with Gasteiger partial charge in [-0.1, -0.05) is 42.4 Å². The van der Waals surface area contributed by atoms with Gasteiger partial charge in [-0.3, -0.25) is 0 Å². The molecule has 0 aliphatic rings. The van der Waals surface area contributed by atoms with Crippen LogP contribution in [0.2, 0.25) is 0 Å². The van der Waals surface area contributed by atoms with Gasteiger partial charge in [0.05, 0.1) is 5.92 Å². The molecule has 0 spiro atoms. The smallest absolute Gasteiger partial charge is 0.234 e. The summed E-state index contributed by atoms with van der Waals surface area (Å²) in [5.41, 5.74) is 1.15. The fraction of sp³-hybridized carbons (Fsp3) is 0.385. The Hall–Kier alpha value is -1.68. The van der Waals surface area contributed by atoms with E-state index in [-0.39, 0.29) is 5.92 Å². The van der Waals surface area contributed by atoms with Crippen molar-refractivity contribution in [3.05, 3.63) is 47.6 Å². The zero-order valence-corrected chi connectivity index (χ0v) is 10.00. The maximum absolute atomic E-state index is 9.38. The maximum atomic E-state index is 9.38. The Bertz CT molecular complexity index is 465. The molecule has 2 unspecified atom stereocenters. The molecule has 1 heterocycles. The van der Waals surface area contributed by atoms with Crippen LogP contribution in [0.4, 0.5) is 0 Å². The van der Waals surface area contributed by atoms with Crippen LogP contribution in [0.3, 0.4) is 0 Å². The Labute approximate surface area is 100 Å². The molecule has 0 bridgehead atoms. The van der Waals surface area contributed by atoms with Gasteiger partial charge < -0.3 is 9.63 Å². The van der Waals surface area contributed by atoms with E-state index < -0.39 is 6.10 Å². The first-order valence-electron chi connectivity index (χ1n) is 5.79. The largest absolute Gasteiger partial charge is 0.385 e. The Morgan fingerprint density at radius 1 is 1.29 bits per heavy atom. The molecule has 0 saturated carbocycles. The summed E-state index contributed by atoms with van der Waals surface area (Å²) in [5.74, 6) is 1.00. The highest BCUT2D eigenvalue weighted by Gasteiger charge is 2.20. The van der Waals surface area contributed by atoms with E-state index in [1.54, 1.807) is 6.92 Å². The van der Waals surface area contributed by atoms with E-state index in [4.69, 9.17) is 4.52 Å². The summed E-state index contributed by atoms with van der Waals surface area (Å²) in [7, 11) is 0. The second-order valence-corrected chi connectivity index (χ2v) is 4.04. The molecule has 0 saturated heterocycles. The minimum atomic E-state index is -0.694. The van der Waals surface area contributed by atoms with E-state index in [1.165, 1.54) is 0 Å². The highest BCUT2D eigenvalue weighted by atomic mass is 16.5. The Kier molecular flexibility index (Phi) is 3.54. The van der Waals surface area contributed by atoms with Crippen LogP contribution >= 0.6 is 0 Å². The lowest BCUT2D eigenvalue weighted by atomic mass is 9.96. The highest BCUT2D eigenvalue weighted by Crippen LogP contribution is 2.26. The predicted octanol–water partition coefficient (Wildman–Crippen LogP) is 2.66. The number of rotatable bonds is 4. The van der Waals surface area contributed by atoms with E-state index in [0.717, 1.165) is 12.0 Å². The third-order valence-corrected chi connectivity index (χ3v) is 2.74. The molecular formula is C13H16N2O2. The molecule has 1 aromatic heterocycles. The number of nitrogens with zero attached hydrogens (tertiary/aromatic N) is 2. The molecule has 2 aromatic rings. The van der Waals surface area contributed by atoms with Gasteiger partial charge >= 0.3 is 0 Å². The van der Waals surface area contributed by atoms with Crippen LogP contribution in [0.25, 0.3) is 0 Å². The van der Waals surface area contributed by atoms with Gasteiger partial charge in [-0.2, -0.15) is 4.98 Å². The Morgan fingerprint density at radius 2 is 2.00 bits per heavy atom. The van der Waals surface area contributed by atoms with Gasteiger partial charge in [-0.25, -0.2) is 0 Å². The topological polar surface area (TPSA) is 59.2 Å². The monoisotopic (exact) mass is 232 g/mol. The molecule has 4 nitrogen and oxygen atoms in total. The van der Waals surface area contributed by atoms with Crippen LogP contribution in [0.1, 0.15) is 49.6 Å². The first-order chi connectivity index (χ1) is 8.22. The summed E-state index contributed by atoms with van der Waals surface area (Å²) in [6, 6.07) is 10.0. The summed E-state index contributed by atoms with van der Waals surface area (Å²) in [6.07, 6.45) is 0.187. The zero-order valence-electron chi connectivity index (χ0n) is 10.00. The SMILES string of the molecule is CCC(c1ccccc1)c1nc(C(C)O)no1. The number of aliphatic hydroxyl groups excluding tert-OH is 1. The van der Waals surface area contributed by atoms with Crippen LogP contribution in [0.5, 0.6) is 0 Å². The first-order valence-corrected chi connectivity index (χ1v) is 5.79. The van der Waals surface area contributed by atoms with E-state index in [1.807, 2.05) is 30.3 Å². The second-order valence-electron chi connectivity index (χ2n) is 4.04. The van der Waals surface area contributed by atoms with Crippen molar-refractivity contribution in [1.29, 1.82) is 0 Å². The van der Waals surface area contributed by atoms with Crippen LogP contribution in [-0.4, -0.2) is 15.2 Å².